The summed E-state index contributed by atoms with van der Waals surface area (Å²) in [5, 5.41) is 2.60. The third-order valence-electron chi connectivity index (χ3n) is 3.86. The Balaban J connectivity index is 1.84. The van der Waals surface area contributed by atoms with Crippen LogP contribution < -0.4 is 19.5 Å². The van der Waals surface area contributed by atoms with Crippen molar-refractivity contribution in [2.45, 2.75) is 0 Å². The number of rotatable bonds is 7. The smallest absolute Gasteiger partial charge is 0.355 e. The molecule has 144 valence electrons. The summed E-state index contributed by atoms with van der Waals surface area (Å²) in [6, 6.07) is 11.7. The molecule has 28 heavy (non-hydrogen) atoms. The number of fused-ring (bicyclic) bond motifs is 1. The molecule has 0 spiro atoms. The standard InChI is InChI=1S/C21H19NO6/c1-3-10-26-21(24)17(11-14-4-9-18-19(12-14)28-13-27-18)22-20(23)15-5-7-16(25-2)8-6-15/h3-9,11-12H,1,10,13H2,2H3,(H,22,23). The Labute approximate surface area is 162 Å². The van der Waals surface area contributed by atoms with Crippen LogP contribution in [-0.2, 0) is 9.53 Å². The summed E-state index contributed by atoms with van der Waals surface area (Å²) in [6.45, 7) is 3.68. The van der Waals surface area contributed by atoms with Crippen LogP contribution in [0.2, 0.25) is 0 Å². The summed E-state index contributed by atoms with van der Waals surface area (Å²) >= 11 is 0. The van der Waals surface area contributed by atoms with Gasteiger partial charge in [-0.3, -0.25) is 4.79 Å². The zero-order chi connectivity index (χ0) is 19.9. The number of hydrogen-bond acceptors (Lipinski definition) is 6. The van der Waals surface area contributed by atoms with Crippen molar-refractivity contribution in [3.63, 3.8) is 0 Å². The molecule has 0 aliphatic carbocycles. The van der Waals surface area contributed by atoms with Gasteiger partial charge in [0, 0.05) is 5.56 Å². The molecular weight excluding hydrogens is 362 g/mol. The Kier molecular flexibility index (Phi) is 5.96. The second kappa shape index (κ2) is 8.77. The molecule has 0 aromatic heterocycles. The van der Waals surface area contributed by atoms with E-state index in [0.29, 0.717) is 28.4 Å². The summed E-state index contributed by atoms with van der Waals surface area (Å²) in [6.07, 6.45) is 2.95. The van der Waals surface area contributed by atoms with E-state index in [9.17, 15) is 9.59 Å². The van der Waals surface area contributed by atoms with Gasteiger partial charge >= 0.3 is 5.97 Å². The highest BCUT2D eigenvalue weighted by Gasteiger charge is 2.18. The van der Waals surface area contributed by atoms with Crippen LogP contribution in [0, 0.1) is 0 Å². The average Bonchev–Trinajstić information content (AvgIpc) is 3.19. The molecule has 0 atom stereocenters. The molecule has 1 aliphatic rings. The molecule has 0 radical (unpaired) electrons. The highest BCUT2D eigenvalue weighted by Crippen LogP contribution is 2.33. The van der Waals surface area contributed by atoms with E-state index in [4.69, 9.17) is 18.9 Å². The maximum Gasteiger partial charge on any atom is 0.355 e. The van der Waals surface area contributed by atoms with Gasteiger partial charge in [-0.05, 0) is 48.0 Å². The van der Waals surface area contributed by atoms with Crippen molar-refractivity contribution >= 4 is 18.0 Å². The van der Waals surface area contributed by atoms with Crippen LogP contribution in [0.3, 0.4) is 0 Å². The van der Waals surface area contributed by atoms with Gasteiger partial charge in [0.2, 0.25) is 6.79 Å². The molecular formula is C21H19NO6. The molecule has 0 fully saturated rings. The van der Waals surface area contributed by atoms with Gasteiger partial charge in [-0.15, -0.1) is 0 Å². The first-order chi connectivity index (χ1) is 13.6. The summed E-state index contributed by atoms with van der Waals surface area (Å²) in [7, 11) is 1.54. The zero-order valence-corrected chi connectivity index (χ0v) is 15.3. The maximum atomic E-state index is 12.5. The number of ether oxygens (including phenoxy) is 4. The fraction of sp³-hybridized carbons (Fsp3) is 0.143. The number of nitrogens with one attached hydrogen (secondary N) is 1. The van der Waals surface area contributed by atoms with E-state index in [0.717, 1.165) is 0 Å². The van der Waals surface area contributed by atoms with Crippen LogP contribution in [0.5, 0.6) is 17.2 Å². The predicted octanol–water partition coefficient (Wildman–Crippen LogP) is 2.92. The lowest BCUT2D eigenvalue weighted by atomic mass is 10.1. The highest BCUT2D eigenvalue weighted by molar-refractivity contribution is 6.03. The van der Waals surface area contributed by atoms with E-state index >= 15 is 0 Å². The van der Waals surface area contributed by atoms with Crippen molar-refractivity contribution in [3.8, 4) is 17.2 Å². The van der Waals surface area contributed by atoms with Crippen LogP contribution in [0.1, 0.15) is 15.9 Å². The molecule has 0 unspecified atom stereocenters. The lowest BCUT2D eigenvalue weighted by Crippen LogP contribution is -2.28. The maximum absolute atomic E-state index is 12.5. The van der Waals surface area contributed by atoms with E-state index in [2.05, 4.69) is 11.9 Å². The van der Waals surface area contributed by atoms with E-state index < -0.39 is 11.9 Å². The number of amides is 1. The van der Waals surface area contributed by atoms with Crippen LogP contribution in [-0.4, -0.2) is 32.4 Å². The van der Waals surface area contributed by atoms with Crippen LogP contribution >= 0.6 is 0 Å². The van der Waals surface area contributed by atoms with Gasteiger partial charge in [0.15, 0.2) is 11.5 Å². The molecule has 7 nitrogen and oxygen atoms in total. The molecule has 0 bridgehead atoms. The molecule has 7 heteroatoms. The molecule has 2 aromatic carbocycles. The van der Waals surface area contributed by atoms with E-state index in [1.165, 1.54) is 19.3 Å². The monoisotopic (exact) mass is 381 g/mol. The number of methoxy groups -OCH3 is 1. The van der Waals surface area contributed by atoms with Gasteiger partial charge in [0.1, 0.15) is 18.1 Å². The van der Waals surface area contributed by atoms with Crippen LogP contribution in [0.4, 0.5) is 0 Å². The van der Waals surface area contributed by atoms with Gasteiger partial charge in [0.05, 0.1) is 7.11 Å². The summed E-state index contributed by atoms with van der Waals surface area (Å²) in [4.78, 5) is 24.9. The van der Waals surface area contributed by atoms with E-state index in [-0.39, 0.29) is 19.1 Å². The minimum Gasteiger partial charge on any atom is -0.497 e. The number of esters is 1. The number of carbonyl (C=O) groups is 2. The topological polar surface area (TPSA) is 83.1 Å². The van der Waals surface area contributed by atoms with Gasteiger partial charge in [-0.2, -0.15) is 0 Å². The Morgan fingerprint density at radius 3 is 2.61 bits per heavy atom. The van der Waals surface area contributed by atoms with Gasteiger partial charge < -0.3 is 24.3 Å². The first kappa shape index (κ1) is 19.0. The summed E-state index contributed by atoms with van der Waals surface area (Å²) in [5.41, 5.74) is 1.00. The summed E-state index contributed by atoms with van der Waals surface area (Å²) < 4.78 is 20.8. The molecule has 2 aromatic rings. The Morgan fingerprint density at radius 2 is 1.89 bits per heavy atom. The molecule has 3 rings (SSSR count). The third-order valence-corrected chi connectivity index (χ3v) is 3.86. The molecule has 1 aliphatic heterocycles. The highest BCUT2D eigenvalue weighted by atomic mass is 16.7. The predicted molar refractivity (Wildman–Crippen MR) is 102 cm³/mol. The quantitative estimate of drug-likeness (QED) is 0.451. The molecule has 1 heterocycles. The van der Waals surface area contributed by atoms with Crippen molar-refractivity contribution in [1.29, 1.82) is 0 Å². The Bertz CT molecular complexity index is 917. The number of carbonyl (C=O) groups excluding carboxylic acids is 2. The lowest BCUT2D eigenvalue weighted by Gasteiger charge is -2.10. The first-order valence-electron chi connectivity index (χ1n) is 8.45. The Hall–Kier alpha value is -3.74. The van der Waals surface area contributed by atoms with Crippen molar-refractivity contribution < 1.29 is 28.5 Å². The number of benzene rings is 2. The fourth-order valence-electron chi connectivity index (χ4n) is 2.46. The summed E-state index contributed by atoms with van der Waals surface area (Å²) in [5.74, 6) is 0.673. The second-order valence-electron chi connectivity index (χ2n) is 5.74. The molecule has 1 N–H and O–H groups in total. The van der Waals surface area contributed by atoms with Gasteiger partial charge in [0.25, 0.3) is 5.91 Å². The van der Waals surface area contributed by atoms with Gasteiger partial charge in [-0.1, -0.05) is 18.7 Å². The van der Waals surface area contributed by atoms with E-state index in [1.807, 2.05) is 0 Å². The SMILES string of the molecule is C=CCOC(=O)C(=Cc1ccc2c(c1)OCO2)NC(=O)c1ccc(OC)cc1. The minimum absolute atomic E-state index is 0.0125. The van der Waals surface area contributed by atoms with Crippen molar-refractivity contribution in [1.82, 2.24) is 5.32 Å². The minimum atomic E-state index is -0.681. The normalized spacial score (nSPS) is 12.2. The zero-order valence-electron chi connectivity index (χ0n) is 15.3. The van der Waals surface area contributed by atoms with Crippen LogP contribution in [0.25, 0.3) is 6.08 Å². The van der Waals surface area contributed by atoms with Gasteiger partial charge in [-0.25, -0.2) is 4.79 Å². The largest absolute Gasteiger partial charge is 0.497 e. The van der Waals surface area contributed by atoms with Crippen LogP contribution in [0.15, 0.2) is 60.8 Å². The van der Waals surface area contributed by atoms with Crippen molar-refractivity contribution in [3.05, 3.63) is 71.9 Å². The molecule has 1 amide bonds. The lowest BCUT2D eigenvalue weighted by molar-refractivity contribution is -0.138. The second-order valence-corrected chi connectivity index (χ2v) is 5.74. The fourth-order valence-corrected chi connectivity index (χ4v) is 2.46. The average molecular weight is 381 g/mol. The van der Waals surface area contributed by atoms with E-state index in [1.54, 1.807) is 42.5 Å². The first-order valence-corrected chi connectivity index (χ1v) is 8.45. The van der Waals surface area contributed by atoms with Crippen molar-refractivity contribution in [2.75, 3.05) is 20.5 Å². The Morgan fingerprint density at radius 1 is 1.14 bits per heavy atom. The third kappa shape index (κ3) is 4.50. The molecule has 0 saturated heterocycles. The van der Waals surface area contributed by atoms with Crippen molar-refractivity contribution in [2.24, 2.45) is 0 Å². The number of hydrogen-bond donors (Lipinski definition) is 1. The molecule has 0 saturated carbocycles.